The van der Waals surface area contributed by atoms with E-state index in [0.717, 1.165) is 44.0 Å². The monoisotopic (exact) mass is 360 g/mol. The van der Waals surface area contributed by atoms with Crippen molar-refractivity contribution in [2.45, 2.75) is 19.1 Å². The van der Waals surface area contributed by atoms with Crippen LogP contribution in [0, 0.1) is 6.42 Å². The SMILES string of the molecule is COc1ccccc1C1=C(C2CN(Cc3ccccc3)CCO2)C=CC[CH]1. The summed E-state index contributed by atoms with van der Waals surface area (Å²) in [6.07, 6.45) is 7.76. The van der Waals surface area contributed by atoms with Crippen LogP contribution in [0.5, 0.6) is 5.75 Å². The van der Waals surface area contributed by atoms with Crippen LogP contribution in [0.25, 0.3) is 5.57 Å². The van der Waals surface area contributed by atoms with Gasteiger partial charge in [0.2, 0.25) is 0 Å². The van der Waals surface area contributed by atoms with E-state index in [0.29, 0.717) is 0 Å². The second kappa shape index (κ2) is 8.55. The Morgan fingerprint density at radius 1 is 1.07 bits per heavy atom. The molecule has 0 aromatic heterocycles. The van der Waals surface area contributed by atoms with E-state index in [4.69, 9.17) is 9.47 Å². The zero-order valence-electron chi connectivity index (χ0n) is 15.8. The summed E-state index contributed by atoms with van der Waals surface area (Å²) < 4.78 is 11.8. The fourth-order valence-electron chi connectivity index (χ4n) is 3.88. The van der Waals surface area contributed by atoms with Crippen molar-refractivity contribution in [3.8, 4) is 5.75 Å². The van der Waals surface area contributed by atoms with Gasteiger partial charge in [0.15, 0.2) is 0 Å². The predicted molar refractivity (Wildman–Crippen MR) is 109 cm³/mol. The van der Waals surface area contributed by atoms with Gasteiger partial charge in [-0.3, -0.25) is 4.90 Å². The Morgan fingerprint density at radius 2 is 1.89 bits per heavy atom. The van der Waals surface area contributed by atoms with Crippen molar-refractivity contribution >= 4 is 5.57 Å². The molecule has 1 aliphatic carbocycles. The summed E-state index contributed by atoms with van der Waals surface area (Å²) in [7, 11) is 1.73. The Hall–Kier alpha value is -2.36. The first kappa shape index (κ1) is 18.0. The highest BCUT2D eigenvalue weighted by Crippen LogP contribution is 2.36. The average Bonchev–Trinajstić information content (AvgIpc) is 2.75. The number of hydrogen-bond acceptors (Lipinski definition) is 3. The first-order valence-electron chi connectivity index (χ1n) is 9.60. The van der Waals surface area contributed by atoms with Crippen molar-refractivity contribution in [3.63, 3.8) is 0 Å². The lowest BCUT2D eigenvalue weighted by Crippen LogP contribution is -2.43. The molecule has 139 valence electrons. The van der Waals surface area contributed by atoms with Gasteiger partial charge in [0.25, 0.3) is 0 Å². The van der Waals surface area contributed by atoms with Crippen LogP contribution in [0.1, 0.15) is 17.5 Å². The molecular formula is C24H26NO2. The van der Waals surface area contributed by atoms with Gasteiger partial charge in [0.05, 0.1) is 19.8 Å². The van der Waals surface area contributed by atoms with Gasteiger partial charge in [-0.25, -0.2) is 0 Å². The summed E-state index contributed by atoms with van der Waals surface area (Å²) in [5, 5.41) is 0. The lowest BCUT2D eigenvalue weighted by molar-refractivity contribution is -0.0104. The third-order valence-electron chi connectivity index (χ3n) is 5.21. The maximum Gasteiger partial charge on any atom is 0.126 e. The highest BCUT2D eigenvalue weighted by Gasteiger charge is 2.27. The van der Waals surface area contributed by atoms with Crippen molar-refractivity contribution in [1.82, 2.24) is 4.90 Å². The summed E-state index contributed by atoms with van der Waals surface area (Å²) in [5.74, 6) is 0.911. The van der Waals surface area contributed by atoms with Crippen LogP contribution in [0.3, 0.4) is 0 Å². The van der Waals surface area contributed by atoms with E-state index in [1.807, 2.05) is 12.1 Å². The lowest BCUT2D eigenvalue weighted by Gasteiger charge is -2.35. The smallest absolute Gasteiger partial charge is 0.126 e. The molecule has 0 N–H and O–H groups in total. The average molecular weight is 360 g/mol. The predicted octanol–water partition coefficient (Wildman–Crippen LogP) is 4.51. The van der Waals surface area contributed by atoms with Crippen LogP contribution >= 0.6 is 0 Å². The largest absolute Gasteiger partial charge is 0.496 e. The summed E-state index contributed by atoms with van der Waals surface area (Å²) in [6.45, 7) is 3.59. The number of para-hydroxylation sites is 1. The van der Waals surface area contributed by atoms with Crippen LogP contribution in [0.15, 0.2) is 72.3 Å². The molecule has 0 bridgehead atoms. The van der Waals surface area contributed by atoms with E-state index < -0.39 is 0 Å². The van der Waals surface area contributed by atoms with Crippen molar-refractivity contribution in [3.05, 3.63) is 89.9 Å². The maximum atomic E-state index is 6.20. The van der Waals surface area contributed by atoms with Gasteiger partial charge in [-0.15, -0.1) is 0 Å². The minimum absolute atomic E-state index is 0.0789. The molecule has 1 atom stereocenters. The Bertz CT molecular complexity index is 825. The zero-order chi connectivity index (χ0) is 18.5. The number of nitrogens with zero attached hydrogens (tertiary/aromatic N) is 1. The molecule has 4 rings (SSSR count). The fourth-order valence-corrected chi connectivity index (χ4v) is 3.88. The third kappa shape index (κ3) is 4.15. The van der Waals surface area contributed by atoms with Crippen LogP contribution in [-0.4, -0.2) is 37.8 Å². The zero-order valence-corrected chi connectivity index (χ0v) is 15.8. The minimum atomic E-state index is 0.0789. The second-order valence-corrected chi connectivity index (χ2v) is 6.99. The molecule has 1 aliphatic heterocycles. The number of ether oxygens (including phenoxy) is 2. The van der Waals surface area contributed by atoms with Crippen molar-refractivity contribution in [2.75, 3.05) is 26.8 Å². The Morgan fingerprint density at radius 3 is 2.74 bits per heavy atom. The Labute approximate surface area is 161 Å². The van der Waals surface area contributed by atoms with Gasteiger partial charge in [0.1, 0.15) is 5.75 Å². The summed E-state index contributed by atoms with van der Waals surface area (Å²) in [6, 6.07) is 18.9. The standard InChI is InChI=1S/C24H26NO2/c1-26-23-14-8-7-12-21(23)20-11-5-6-13-22(20)24-18-25(15-16-27-24)17-19-9-3-2-4-10-19/h2-4,6-14,24H,5,15-18H2,1H3. The number of benzene rings is 2. The lowest BCUT2D eigenvalue weighted by atomic mass is 9.88. The van der Waals surface area contributed by atoms with E-state index in [9.17, 15) is 0 Å². The molecule has 27 heavy (non-hydrogen) atoms. The molecule has 2 aromatic carbocycles. The third-order valence-corrected chi connectivity index (χ3v) is 5.21. The van der Waals surface area contributed by atoms with Crippen molar-refractivity contribution < 1.29 is 9.47 Å². The molecule has 2 aromatic rings. The van der Waals surface area contributed by atoms with Gasteiger partial charge in [-0.1, -0.05) is 60.7 Å². The van der Waals surface area contributed by atoms with Crippen LogP contribution in [0.2, 0.25) is 0 Å². The molecule has 0 saturated carbocycles. The molecule has 1 saturated heterocycles. The van der Waals surface area contributed by atoms with Gasteiger partial charge in [0, 0.05) is 25.2 Å². The van der Waals surface area contributed by atoms with E-state index in [1.54, 1.807) is 7.11 Å². The second-order valence-electron chi connectivity index (χ2n) is 6.99. The fraction of sp³-hybridized carbons (Fsp3) is 0.292. The van der Waals surface area contributed by atoms with Gasteiger partial charge < -0.3 is 9.47 Å². The van der Waals surface area contributed by atoms with E-state index in [1.165, 1.54) is 16.7 Å². The maximum absolute atomic E-state index is 6.20. The molecule has 3 heteroatoms. The van der Waals surface area contributed by atoms with E-state index in [2.05, 4.69) is 65.9 Å². The number of hydrogen-bond donors (Lipinski definition) is 0. The molecule has 1 fully saturated rings. The number of methoxy groups -OCH3 is 1. The quantitative estimate of drug-likeness (QED) is 0.783. The first-order valence-corrected chi connectivity index (χ1v) is 9.60. The molecule has 0 spiro atoms. The molecule has 1 radical (unpaired) electrons. The van der Waals surface area contributed by atoms with Crippen LogP contribution in [0.4, 0.5) is 0 Å². The molecule has 3 nitrogen and oxygen atoms in total. The number of rotatable bonds is 5. The molecule has 1 heterocycles. The molecule has 1 unspecified atom stereocenters. The highest BCUT2D eigenvalue weighted by molar-refractivity contribution is 5.81. The van der Waals surface area contributed by atoms with E-state index >= 15 is 0 Å². The summed E-state index contributed by atoms with van der Waals surface area (Å²) in [4.78, 5) is 2.48. The summed E-state index contributed by atoms with van der Waals surface area (Å²) in [5.41, 5.74) is 4.98. The number of morpholine rings is 1. The van der Waals surface area contributed by atoms with Crippen molar-refractivity contribution in [2.24, 2.45) is 0 Å². The first-order chi connectivity index (χ1) is 13.3. The summed E-state index contributed by atoms with van der Waals surface area (Å²) >= 11 is 0. The van der Waals surface area contributed by atoms with Gasteiger partial charge in [-0.2, -0.15) is 0 Å². The Kier molecular flexibility index (Phi) is 5.71. The van der Waals surface area contributed by atoms with Crippen LogP contribution in [-0.2, 0) is 11.3 Å². The normalized spacial score (nSPS) is 20.7. The van der Waals surface area contributed by atoms with Gasteiger partial charge >= 0.3 is 0 Å². The highest BCUT2D eigenvalue weighted by atomic mass is 16.5. The Balaban J connectivity index is 1.59. The van der Waals surface area contributed by atoms with E-state index in [-0.39, 0.29) is 6.10 Å². The van der Waals surface area contributed by atoms with Gasteiger partial charge in [-0.05, 0) is 35.6 Å². The molecule has 0 amide bonds. The number of allylic oxidation sites excluding steroid dienone is 2. The topological polar surface area (TPSA) is 21.7 Å². The molecular weight excluding hydrogens is 334 g/mol. The van der Waals surface area contributed by atoms with Crippen LogP contribution < -0.4 is 4.74 Å². The molecule has 2 aliphatic rings. The minimum Gasteiger partial charge on any atom is -0.496 e. The van der Waals surface area contributed by atoms with Crippen molar-refractivity contribution in [1.29, 1.82) is 0 Å².